The van der Waals surface area contributed by atoms with Crippen LogP contribution in [-0.2, 0) is 0 Å². The molecular formula is C9H18S. The molecule has 0 aromatic heterocycles. The molecule has 0 bridgehead atoms. The average molecular weight is 158 g/mol. The Morgan fingerprint density at radius 2 is 2.10 bits per heavy atom. The van der Waals surface area contributed by atoms with Crippen LogP contribution in [0.2, 0.25) is 0 Å². The topological polar surface area (TPSA) is 0 Å². The molecule has 0 saturated carbocycles. The number of hydrogen-bond donors (Lipinski definition) is 0. The van der Waals surface area contributed by atoms with E-state index >= 15 is 0 Å². The summed E-state index contributed by atoms with van der Waals surface area (Å²) < 4.78 is 0. The van der Waals surface area contributed by atoms with E-state index in [1.54, 1.807) is 0 Å². The Morgan fingerprint density at radius 3 is 2.50 bits per heavy atom. The first kappa shape index (κ1) is 8.45. The Kier molecular flexibility index (Phi) is 3.09. The maximum atomic E-state index is 2.36. The van der Waals surface area contributed by atoms with Crippen molar-refractivity contribution in [3.63, 3.8) is 0 Å². The van der Waals surface area contributed by atoms with Gasteiger partial charge in [0.1, 0.15) is 0 Å². The molecular weight excluding hydrogens is 140 g/mol. The molecule has 0 radical (unpaired) electrons. The summed E-state index contributed by atoms with van der Waals surface area (Å²) in [7, 11) is 0. The molecule has 1 rings (SSSR count). The molecule has 0 aliphatic carbocycles. The summed E-state index contributed by atoms with van der Waals surface area (Å²) >= 11 is 2.14. The summed E-state index contributed by atoms with van der Waals surface area (Å²) in [6.07, 6.45) is 4.26. The Hall–Kier alpha value is 0.350. The van der Waals surface area contributed by atoms with Gasteiger partial charge in [-0.3, -0.25) is 0 Å². The van der Waals surface area contributed by atoms with Crippen LogP contribution >= 0.6 is 11.8 Å². The number of thioether (sulfide) groups is 1. The van der Waals surface area contributed by atoms with E-state index in [-0.39, 0.29) is 0 Å². The van der Waals surface area contributed by atoms with Crippen LogP contribution in [0.3, 0.4) is 0 Å². The van der Waals surface area contributed by atoms with E-state index < -0.39 is 0 Å². The van der Waals surface area contributed by atoms with Gasteiger partial charge in [0, 0.05) is 10.5 Å². The van der Waals surface area contributed by atoms with Gasteiger partial charge >= 0.3 is 0 Å². The first-order valence-electron chi connectivity index (χ1n) is 4.39. The van der Waals surface area contributed by atoms with Crippen LogP contribution in [-0.4, -0.2) is 10.5 Å². The van der Waals surface area contributed by atoms with Gasteiger partial charge in [-0.2, -0.15) is 11.8 Å². The minimum absolute atomic E-state index is 0.952. The molecule has 1 aliphatic heterocycles. The molecule has 0 spiro atoms. The SMILES string of the molecule is CCC(C)CCC1SC1C. The van der Waals surface area contributed by atoms with E-state index in [4.69, 9.17) is 0 Å². The summed E-state index contributed by atoms with van der Waals surface area (Å²) in [5, 5.41) is 2.00. The highest BCUT2D eigenvalue weighted by Gasteiger charge is 2.32. The molecule has 1 saturated heterocycles. The highest BCUT2D eigenvalue weighted by Crippen LogP contribution is 2.44. The third-order valence-corrected chi connectivity index (χ3v) is 3.91. The van der Waals surface area contributed by atoms with E-state index in [1.807, 2.05) is 0 Å². The largest absolute Gasteiger partial charge is 0.153 e. The number of hydrogen-bond acceptors (Lipinski definition) is 1. The van der Waals surface area contributed by atoms with Crippen molar-refractivity contribution < 1.29 is 0 Å². The van der Waals surface area contributed by atoms with Crippen molar-refractivity contribution in [2.45, 2.75) is 50.5 Å². The molecule has 10 heavy (non-hydrogen) atoms. The Morgan fingerprint density at radius 1 is 1.50 bits per heavy atom. The maximum Gasteiger partial charge on any atom is 0.0167 e. The Labute approximate surface area is 68.8 Å². The van der Waals surface area contributed by atoms with Gasteiger partial charge in [0.15, 0.2) is 0 Å². The van der Waals surface area contributed by atoms with Crippen molar-refractivity contribution in [1.29, 1.82) is 0 Å². The average Bonchev–Trinajstić information content (AvgIpc) is 2.61. The summed E-state index contributed by atoms with van der Waals surface area (Å²) in [6.45, 7) is 6.98. The minimum atomic E-state index is 0.952. The molecule has 0 amide bonds. The van der Waals surface area contributed by atoms with E-state index in [2.05, 4.69) is 32.5 Å². The summed E-state index contributed by atoms with van der Waals surface area (Å²) in [6, 6.07) is 0. The van der Waals surface area contributed by atoms with Crippen molar-refractivity contribution >= 4 is 11.8 Å². The van der Waals surface area contributed by atoms with Crippen molar-refractivity contribution in [3.05, 3.63) is 0 Å². The second-order valence-electron chi connectivity index (χ2n) is 3.47. The Balaban J connectivity index is 1.95. The van der Waals surface area contributed by atoms with Crippen LogP contribution in [0.15, 0.2) is 0 Å². The third kappa shape index (κ3) is 2.53. The van der Waals surface area contributed by atoms with Gasteiger partial charge in [-0.15, -0.1) is 0 Å². The van der Waals surface area contributed by atoms with E-state index in [0.29, 0.717) is 0 Å². The van der Waals surface area contributed by atoms with Crippen LogP contribution in [0.4, 0.5) is 0 Å². The van der Waals surface area contributed by atoms with Gasteiger partial charge in [0.2, 0.25) is 0 Å². The Bertz CT molecular complexity index is 96.9. The lowest BCUT2D eigenvalue weighted by molar-refractivity contribution is 0.497. The van der Waals surface area contributed by atoms with Crippen LogP contribution in [0.5, 0.6) is 0 Å². The second-order valence-corrected chi connectivity index (χ2v) is 5.09. The minimum Gasteiger partial charge on any atom is -0.153 e. The number of rotatable bonds is 4. The fourth-order valence-electron chi connectivity index (χ4n) is 1.19. The van der Waals surface area contributed by atoms with Gasteiger partial charge in [-0.05, 0) is 18.8 Å². The molecule has 1 aliphatic rings. The molecule has 1 heterocycles. The second kappa shape index (κ2) is 3.66. The van der Waals surface area contributed by atoms with E-state index in [1.165, 1.54) is 19.3 Å². The lowest BCUT2D eigenvalue weighted by atomic mass is 10.0. The molecule has 3 atom stereocenters. The van der Waals surface area contributed by atoms with Crippen LogP contribution in [0.25, 0.3) is 0 Å². The van der Waals surface area contributed by atoms with E-state index in [9.17, 15) is 0 Å². The van der Waals surface area contributed by atoms with Crippen LogP contribution < -0.4 is 0 Å². The molecule has 1 fully saturated rings. The third-order valence-electron chi connectivity index (χ3n) is 2.48. The monoisotopic (exact) mass is 158 g/mol. The lowest BCUT2D eigenvalue weighted by Crippen LogP contribution is -1.96. The van der Waals surface area contributed by atoms with Crippen molar-refractivity contribution in [3.8, 4) is 0 Å². The first-order valence-corrected chi connectivity index (χ1v) is 5.33. The predicted molar refractivity (Wildman–Crippen MR) is 49.5 cm³/mol. The van der Waals surface area contributed by atoms with Crippen LogP contribution in [0, 0.1) is 5.92 Å². The summed E-state index contributed by atoms with van der Waals surface area (Å²) in [4.78, 5) is 0. The standard InChI is InChI=1S/C9H18S/c1-4-7(2)5-6-9-8(3)10-9/h7-9H,4-6H2,1-3H3. The normalized spacial score (nSPS) is 33.9. The van der Waals surface area contributed by atoms with Gasteiger partial charge in [0.05, 0.1) is 0 Å². The fraction of sp³-hybridized carbons (Fsp3) is 1.00. The lowest BCUT2D eigenvalue weighted by Gasteiger charge is -2.05. The summed E-state index contributed by atoms with van der Waals surface area (Å²) in [5.41, 5.74) is 0. The van der Waals surface area contributed by atoms with Gasteiger partial charge in [-0.25, -0.2) is 0 Å². The van der Waals surface area contributed by atoms with Crippen LogP contribution in [0.1, 0.15) is 40.0 Å². The zero-order valence-corrected chi connectivity index (χ0v) is 8.08. The van der Waals surface area contributed by atoms with Gasteiger partial charge in [-0.1, -0.05) is 27.2 Å². The van der Waals surface area contributed by atoms with Crippen molar-refractivity contribution in [1.82, 2.24) is 0 Å². The molecule has 3 unspecified atom stereocenters. The molecule has 0 aromatic rings. The predicted octanol–water partition coefficient (Wildman–Crippen LogP) is 3.32. The van der Waals surface area contributed by atoms with Crippen molar-refractivity contribution in [2.24, 2.45) is 5.92 Å². The quantitative estimate of drug-likeness (QED) is 0.566. The van der Waals surface area contributed by atoms with E-state index in [0.717, 1.165) is 16.4 Å². The maximum absolute atomic E-state index is 2.36. The van der Waals surface area contributed by atoms with Gasteiger partial charge < -0.3 is 0 Å². The zero-order valence-electron chi connectivity index (χ0n) is 7.26. The smallest absolute Gasteiger partial charge is 0.0167 e. The zero-order chi connectivity index (χ0) is 7.56. The highest BCUT2D eigenvalue weighted by atomic mass is 32.2. The molecule has 0 aromatic carbocycles. The first-order chi connectivity index (χ1) is 4.74. The molecule has 60 valence electrons. The highest BCUT2D eigenvalue weighted by molar-refractivity contribution is 8.07. The summed E-state index contributed by atoms with van der Waals surface area (Å²) in [5.74, 6) is 0.952. The van der Waals surface area contributed by atoms with Crippen molar-refractivity contribution in [2.75, 3.05) is 0 Å². The molecule has 0 N–H and O–H groups in total. The molecule has 0 nitrogen and oxygen atoms in total. The fourth-order valence-corrected chi connectivity index (χ4v) is 2.05. The molecule has 1 heteroatoms. The van der Waals surface area contributed by atoms with Gasteiger partial charge in [0.25, 0.3) is 0 Å².